The third kappa shape index (κ3) is 2.35. The molecule has 58 valence electrons. The summed E-state index contributed by atoms with van der Waals surface area (Å²) < 4.78 is 12.7. The van der Waals surface area contributed by atoms with Gasteiger partial charge in [0, 0.05) is 12.7 Å². The lowest BCUT2D eigenvalue weighted by molar-refractivity contribution is 0.647. The van der Waals surface area contributed by atoms with E-state index in [0.717, 1.165) is 0 Å². The van der Waals surface area contributed by atoms with E-state index in [1.54, 1.807) is 14.0 Å². The average molecular weight is 165 g/mol. The first kappa shape index (κ1) is 9.43. The number of hydrogen-bond donors (Lipinski definition) is 2. The highest BCUT2D eigenvalue weighted by molar-refractivity contribution is 6.68. The molecule has 4 heteroatoms. The van der Waals surface area contributed by atoms with Crippen LogP contribution in [0.1, 0.15) is 13.3 Å². The van der Waals surface area contributed by atoms with Crippen molar-refractivity contribution in [2.24, 2.45) is 0 Å². The van der Waals surface area contributed by atoms with Gasteiger partial charge in [0.25, 0.3) is 0 Å². The van der Waals surface area contributed by atoms with Crippen molar-refractivity contribution in [3.05, 3.63) is 11.5 Å². The second-order valence-corrected chi connectivity index (χ2v) is 2.09. The Hall–Kier alpha value is -0.570. The first-order valence-electron chi connectivity index (χ1n) is 2.94. The van der Waals surface area contributed by atoms with Gasteiger partial charge in [0.15, 0.2) is 11.0 Å². The van der Waals surface area contributed by atoms with Crippen LogP contribution in [-0.4, -0.2) is 12.2 Å². The molecule has 0 aromatic heterocycles. The molecule has 2 N–H and O–H groups in total. The highest BCUT2D eigenvalue weighted by atomic mass is 35.5. The fraction of sp³-hybridized carbons (Fsp3) is 0.500. The Bertz CT molecular complexity index is 159. The quantitative estimate of drug-likeness (QED) is 0.615. The summed E-state index contributed by atoms with van der Waals surface area (Å²) >= 11 is 5.09. The molecule has 0 atom stereocenters. The minimum Gasteiger partial charge on any atom is -0.389 e. The maximum atomic E-state index is 12.7. The van der Waals surface area contributed by atoms with Crippen molar-refractivity contribution in [3.63, 3.8) is 0 Å². The summed E-state index contributed by atoms with van der Waals surface area (Å²) in [6.45, 7) is 1.78. The summed E-state index contributed by atoms with van der Waals surface area (Å²) in [6, 6.07) is 0. The van der Waals surface area contributed by atoms with E-state index in [1.807, 2.05) is 0 Å². The monoisotopic (exact) mass is 164 g/mol. The van der Waals surface area contributed by atoms with Gasteiger partial charge in [0.05, 0.1) is 0 Å². The van der Waals surface area contributed by atoms with Crippen LogP contribution >= 0.6 is 11.6 Å². The van der Waals surface area contributed by atoms with Crippen molar-refractivity contribution < 1.29 is 4.39 Å². The maximum Gasteiger partial charge on any atom is 0.178 e. The predicted octanol–water partition coefficient (Wildman–Crippen LogP) is 2.01. The third-order valence-electron chi connectivity index (χ3n) is 1.11. The Morgan fingerprint density at radius 1 is 1.70 bits per heavy atom. The SMILES string of the molecule is CC/C(NC)=C(/F)C(=N)Cl. The van der Waals surface area contributed by atoms with Crippen molar-refractivity contribution >= 4 is 16.8 Å². The van der Waals surface area contributed by atoms with E-state index in [1.165, 1.54) is 0 Å². The molecule has 0 amide bonds. The molecule has 10 heavy (non-hydrogen) atoms. The fourth-order valence-corrected chi connectivity index (χ4v) is 0.688. The number of allylic oxidation sites excluding steroid dienone is 2. The van der Waals surface area contributed by atoms with Crippen LogP contribution in [0.5, 0.6) is 0 Å². The number of nitrogens with one attached hydrogen (secondary N) is 2. The molecule has 0 saturated heterocycles. The van der Waals surface area contributed by atoms with Crippen LogP contribution in [-0.2, 0) is 0 Å². The maximum absolute atomic E-state index is 12.7. The van der Waals surface area contributed by atoms with Gasteiger partial charge in [-0.2, -0.15) is 0 Å². The van der Waals surface area contributed by atoms with E-state index in [4.69, 9.17) is 17.0 Å². The third-order valence-corrected chi connectivity index (χ3v) is 1.28. The molecular formula is C6H10ClFN2. The van der Waals surface area contributed by atoms with E-state index in [0.29, 0.717) is 12.1 Å². The summed E-state index contributed by atoms with van der Waals surface area (Å²) in [5.74, 6) is -0.674. The van der Waals surface area contributed by atoms with Crippen molar-refractivity contribution in [2.45, 2.75) is 13.3 Å². The Morgan fingerprint density at radius 2 is 2.20 bits per heavy atom. The molecule has 0 spiro atoms. The molecule has 0 aromatic carbocycles. The lowest BCUT2D eigenvalue weighted by Crippen LogP contribution is -2.08. The van der Waals surface area contributed by atoms with Gasteiger partial charge in [-0.05, 0) is 6.42 Å². The zero-order valence-corrected chi connectivity index (χ0v) is 6.72. The molecule has 0 aliphatic heterocycles. The van der Waals surface area contributed by atoms with Crippen LogP contribution in [0.15, 0.2) is 11.5 Å². The molecule has 0 aliphatic carbocycles. The zero-order chi connectivity index (χ0) is 8.15. The number of hydrogen-bond acceptors (Lipinski definition) is 2. The second kappa shape index (κ2) is 4.28. The van der Waals surface area contributed by atoms with Crippen LogP contribution in [0.4, 0.5) is 4.39 Å². The van der Waals surface area contributed by atoms with Gasteiger partial charge < -0.3 is 5.32 Å². The van der Waals surface area contributed by atoms with E-state index >= 15 is 0 Å². The molecule has 0 bridgehead atoms. The fourth-order valence-electron chi connectivity index (χ4n) is 0.574. The van der Waals surface area contributed by atoms with Gasteiger partial charge in [-0.15, -0.1) is 0 Å². The van der Waals surface area contributed by atoms with Crippen molar-refractivity contribution in [3.8, 4) is 0 Å². The first-order valence-corrected chi connectivity index (χ1v) is 3.32. The molecule has 0 fully saturated rings. The molecule has 0 rings (SSSR count). The normalized spacial score (nSPS) is 12.4. The second-order valence-electron chi connectivity index (χ2n) is 1.71. The minimum absolute atomic E-state index is 0.361. The van der Waals surface area contributed by atoms with Gasteiger partial charge in [0.1, 0.15) is 0 Å². The molecular weight excluding hydrogens is 155 g/mol. The lowest BCUT2D eigenvalue weighted by Gasteiger charge is -2.02. The molecule has 0 unspecified atom stereocenters. The Kier molecular flexibility index (Phi) is 4.03. The van der Waals surface area contributed by atoms with Crippen LogP contribution in [0.25, 0.3) is 0 Å². The summed E-state index contributed by atoms with van der Waals surface area (Å²) in [7, 11) is 1.60. The topological polar surface area (TPSA) is 35.9 Å². The van der Waals surface area contributed by atoms with Crippen LogP contribution in [0.2, 0.25) is 0 Å². The predicted molar refractivity (Wildman–Crippen MR) is 41.1 cm³/mol. The van der Waals surface area contributed by atoms with Crippen molar-refractivity contribution in [1.29, 1.82) is 5.41 Å². The minimum atomic E-state index is -0.674. The van der Waals surface area contributed by atoms with Crippen LogP contribution in [0, 0.1) is 5.41 Å². The molecule has 0 aliphatic rings. The van der Waals surface area contributed by atoms with Crippen molar-refractivity contribution in [2.75, 3.05) is 7.05 Å². The summed E-state index contributed by atoms with van der Waals surface area (Å²) in [4.78, 5) is 0. The van der Waals surface area contributed by atoms with Crippen LogP contribution in [0.3, 0.4) is 0 Å². The average Bonchev–Trinajstić information content (AvgIpc) is 1.90. The van der Waals surface area contributed by atoms with Gasteiger partial charge in [-0.1, -0.05) is 18.5 Å². The zero-order valence-electron chi connectivity index (χ0n) is 5.96. The van der Waals surface area contributed by atoms with Crippen LogP contribution < -0.4 is 5.32 Å². The van der Waals surface area contributed by atoms with Gasteiger partial charge in [-0.3, -0.25) is 5.41 Å². The largest absolute Gasteiger partial charge is 0.389 e. The molecule has 0 heterocycles. The van der Waals surface area contributed by atoms with Crippen molar-refractivity contribution in [1.82, 2.24) is 5.32 Å². The molecule has 0 aromatic rings. The number of rotatable bonds is 3. The molecule has 0 radical (unpaired) electrons. The molecule has 0 saturated carbocycles. The van der Waals surface area contributed by atoms with E-state index in [-0.39, 0.29) is 0 Å². The molecule has 2 nitrogen and oxygen atoms in total. The standard InChI is InChI=1S/C6H10ClFN2/c1-3-4(10-2)5(8)6(7)9/h9-10H,3H2,1-2H3/b5-4-,9-6?. The smallest absolute Gasteiger partial charge is 0.178 e. The Balaban J connectivity index is 4.43. The number of halogens is 2. The highest BCUT2D eigenvalue weighted by Crippen LogP contribution is 2.09. The van der Waals surface area contributed by atoms with Gasteiger partial charge in [-0.25, -0.2) is 4.39 Å². The van der Waals surface area contributed by atoms with E-state index in [2.05, 4.69) is 5.32 Å². The summed E-state index contributed by atoms with van der Waals surface area (Å²) in [5.41, 5.74) is 0.361. The van der Waals surface area contributed by atoms with E-state index < -0.39 is 11.0 Å². The Labute approximate surface area is 64.6 Å². The van der Waals surface area contributed by atoms with Gasteiger partial charge >= 0.3 is 0 Å². The van der Waals surface area contributed by atoms with E-state index in [9.17, 15) is 4.39 Å². The lowest BCUT2D eigenvalue weighted by atomic mass is 10.3. The highest BCUT2D eigenvalue weighted by Gasteiger charge is 2.05. The Morgan fingerprint density at radius 3 is 2.30 bits per heavy atom. The summed E-state index contributed by atoms with van der Waals surface area (Å²) in [6.07, 6.45) is 0.511. The van der Waals surface area contributed by atoms with Gasteiger partial charge in [0.2, 0.25) is 0 Å². The first-order chi connectivity index (χ1) is 4.63. The summed E-state index contributed by atoms with van der Waals surface area (Å²) in [5, 5.41) is 8.79.